The molecule has 140 valence electrons. The van der Waals surface area contributed by atoms with E-state index in [1.807, 2.05) is 56.6 Å². The Labute approximate surface area is 161 Å². The van der Waals surface area contributed by atoms with E-state index in [0.29, 0.717) is 18.2 Å². The lowest BCUT2D eigenvalue weighted by Crippen LogP contribution is -2.40. The van der Waals surface area contributed by atoms with Crippen LogP contribution in [0.3, 0.4) is 0 Å². The number of rotatable bonds is 8. The number of nitrogens with zero attached hydrogens (tertiary/aromatic N) is 1. The van der Waals surface area contributed by atoms with Gasteiger partial charge in [0.25, 0.3) is 0 Å². The van der Waals surface area contributed by atoms with Gasteiger partial charge in [0, 0.05) is 18.7 Å². The molecule has 0 aliphatic rings. The first-order valence-corrected chi connectivity index (χ1v) is 8.90. The van der Waals surface area contributed by atoms with Crippen LogP contribution in [0.5, 0.6) is 11.5 Å². The molecule has 2 N–H and O–H groups in total. The van der Waals surface area contributed by atoms with Crippen molar-refractivity contribution in [3.8, 4) is 11.5 Å². The third-order valence-electron chi connectivity index (χ3n) is 4.19. The summed E-state index contributed by atoms with van der Waals surface area (Å²) >= 11 is 5.42. The summed E-state index contributed by atoms with van der Waals surface area (Å²) in [5.74, 6) is 1.73. The number of benzene rings is 2. The lowest BCUT2D eigenvalue weighted by Gasteiger charge is -2.27. The fourth-order valence-corrected chi connectivity index (χ4v) is 2.85. The SMILES string of the molecule is COc1ccc(CNC(=S)NC[C@@H](c2ccccc2OC)N(C)C)cc1. The molecule has 0 unspecified atom stereocenters. The van der Waals surface area contributed by atoms with E-state index >= 15 is 0 Å². The normalized spacial score (nSPS) is 11.7. The van der Waals surface area contributed by atoms with Gasteiger partial charge in [-0.3, -0.25) is 0 Å². The Morgan fingerprint density at radius 1 is 1.00 bits per heavy atom. The van der Waals surface area contributed by atoms with Crippen molar-refractivity contribution in [2.24, 2.45) is 0 Å². The number of ether oxygens (including phenoxy) is 2. The number of para-hydroxylation sites is 1. The van der Waals surface area contributed by atoms with Crippen LogP contribution in [-0.2, 0) is 6.54 Å². The first-order chi connectivity index (χ1) is 12.5. The lowest BCUT2D eigenvalue weighted by atomic mass is 10.0. The average molecular weight is 374 g/mol. The molecular formula is C20H27N3O2S. The molecule has 26 heavy (non-hydrogen) atoms. The fourth-order valence-electron chi connectivity index (χ4n) is 2.69. The van der Waals surface area contributed by atoms with Crippen molar-refractivity contribution in [3.63, 3.8) is 0 Å². The summed E-state index contributed by atoms with van der Waals surface area (Å²) in [7, 11) is 7.45. The van der Waals surface area contributed by atoms with Crippen molar-refractivity contribution in [2.45, 2.75) is 12.6 Å². The summed E-state index contributed by atoms with van der Waals surface area (Å²) in [6, 6.07) is 16.1. The number of nitrogens with one attached hydrogen (secondary N) is 2. The van der Waals surface area contributed by atoms with Crippen molar-refractivity contribution < 1.29 is 9.47 Å². The highest BCUT2D eigenvalue weighted by Gasteiger charge is 2.18. The maximum absolute atomic E-state index is 5.49. The highest BCUT2D eigenvalue weighted by atomic mass is 32.1. The molecule has 0 aromatic heterocycles. The molecule has 0 aliphatic heterocycles. The van der Waals surface area contributed by atoms with E-state index in [1.54, 1.807) is 14.2 Å². The van der Waals surface area contributed by atoms with Gasteiger partial charge in [-0.2, -0.15) is 0 Å². The number of likely N-dealkylation sites (N-methyl/N-ethyl adjacent to an activating group) is 1. The van der Waals surface area contributed by atoms with Gasteiger partial charge in [-0.05, 0) is 50.1 Å². The van der Waals surface area contributed by atoms with Crippen LogP contribution in [-0.4, -0.2) is 44.9 Å². The Balaban J connectivity index is 1.90. The molecule has 2 aromatic carbocycles. The Hall–Kier alpha value is -2.31. The largest absolute Gasteiger partial charge is 0.497 e. The highest BCUT2D eigenvalue weighted by Crippen LogP contribution is 2.27. The Bertz CT molecular complexity index is 704. The van der Waals surface area contributed by atoms with Crippen molar-refractivity contribution in [3.05, 3.63) is 59.7 Å². The minimum Gasteiger partial charge on any atom is -0.497 e. The molecule has 0 saturated heterocycles. The maximum atomic E-state index is 5.49. The van der Waals surface area contributed by atoms with Crippen LogP contribution in [0.15, 0.2) is 48.5 Å². The molecule has 0 radical (unpaired) electrons. The predicted octanol–water partition coefficient (Wildman–Crippen LogP) is 2.97. The van der Waals surface area contributed by atoms with Crippen molar-refractivity contribution in [1.29, 1.82) is 0 Å². The molecule has 0 spiro atoms. The van der Waals surface area contributed by atoms with E-state index in [-0.39, 0.29) is 6.04 Å². The Morgan fingerprint density at radius 3 is 2.31 bits per heavy atom. The van der Waals surface area contributed by atoms with E-state index in [2.05, 4.69) is 21.6 Å². The van der Waals surface area contributed by atoms with Gasteiger partial charge in [0.15, 0.2) is 5.11 Å². The number of hydrogen-bond donors (Lipinski definition) is 2. The summed E-state index contributed by atoms with van der Waals surface area (Å²) in [6.07, 6.45) is 0. The van der Waals surface area contributed by atoms with Gasteiger partial charge in [0.2, 0.25) is 0 Å². The standard InChI is InChI=1S/C20H27N3O2S/c1-23(2)18(17-7-5-6-8-19(17)25-4)14-22-20(26)21-13-15-9-11-16(24-3)12-10-15/h5-12,18H,13-14H2,1-4H3,(H2,21,22,26)/t18-/m0/s1. The topological polar surface area (TPSA) is 45.8 Å². The molecule has 0 fully saturated rings. The van der Waals surface area contributed by atoms with Gasteiger partial charge in [-0.1, -0.05) is 30.3 Å². The number of hydrogen-bond acceptors (Lipinski definition) is 4. The molecule has 5 nitrogen and oxygen atoms in total. The zero-order valence-electron chi connectivity index (χ0n) is 15.8. The molecule has 0 amide bonds. The zero-order valence-corrected chi connectivity index (χ0v) is 16.6. The van der Waals surface area contributed by atoms with E-state index < -0.39 is 0 Å². The van der Waals surface area contributed by atoms with Crippen molar-refractivity contribution in [2.75, 3.05) is 34.9 Å². The summed E-state index contributed by atoms with van der Waals surface area (Å²) < 4.78 is 10.7. The monoisotopic (exact) mass is 373 g/mol. The third-order valence-corrected chi connectivity index (χ3v) is 4.48. The van der Waals surface area contributed by atoms with Crippen molar-refractivity contribution in [1.82, 2.24) is 15.5 Å². The molecule has 2 rings (SSSR count). The second-order valence-corrected chi connectivity index (χ2v) is 6.54. The van der Waals surface area contributed by atoms with Gasteiger partial charge in [0.1, 0.15) is 11.5 Å². The fraction of sp³-hybridized carbons (Fsp3) is 0.350. The Kier molecular flexibility index (Phi) is 7.69. The first kappa shape index (κ1) is 20.0. The van der Waals surface area contributed by atoms with E-state index in [9.17, 15) is 0 Å². The molecule has 0 aliphatic carbocycles. The average Bonchev–Trinajstić information content (AvgIpc) is 2.67. The van der Waals surface area contributed by atoms with E-state index in [0.717, 1.165) is 22.6 Å². The van der Waals surface area contributed by atoms with Crippen LogP contribution >= 0.6 is 12.2 Å². The van der Waals surface area contributed by atoms with Crippen molar-refractivity contribution >= 4 is 17.3 Å². The molecule has 0 bridgehead atoms. The van der Waals surface area contributed by atoms with Crippen LogP contribution in [0.2, 0.25) is 0 Å². The molecule has 0 saturated carbocycles. The van der Waals surface area contributed by atoms with Gasteiger partial charge >= 0.3 is 0 Å². The third kappa shape index (κ3) is 5.61. The molecule has 0 heterocycles. The van der Waals surface area contributed by atoms with E-state index in [1.165, 1.54) is 0 Å². The molecule has 2 aromatic rings. The van der Waals surface area contributed by atoms with Crippen LogP contribution in [0, 0.1) is 0 Å². The van der Waals surface area contributed by atoms with Crippen LogP contribution in [0.4, 0.5) is 0 Å². The van der Waals surface area contributed by atoms with Crippen LogP contribution < -0.4 is 20.1 Å². The van der Waals surface area contributed by atoms with E-state index in [4.69, 9.17) is 21.7 Å². The highest BCUT2D eigenvalue weighted by molar-refractivity contribution is 7.80. The summed E-state index contributed by atoms with van der Waals surface area (Å²) in [6.45, 7) is 1.35. The maximum Gasteiger partial charge on any atom is 0.166 e. The lowest BCUT2D eigenvalue weighted by molar-refractivity contribution is 0.288. The summed E-state index contributed by atoms with van der Waals surface area (Å²) in [4.78, 5) is 2.15. The zero-order chi connectivity index (χ0) is 18.9. The minimum absolute atomic E-state index is 0.145. The van der Waals surface area contributed by atoms with Gasteiger partial charge < -0.3 is 25.0 Å². The minimum atomic E-state index is 0.145. The van der Waals surface area contributed by atoms with Crippen LogP contribution in [0.1, 0.15) is 17.2 Å². The smallest absolute Gasteiger partial charge is 0.166 e. The molecular weight excluding hydrogens is 346 g/mol. The Morgan fingerprint density at radius 2 is 1.69 bits per heavy atom. The van der Waals surface area contributed by atoms with Gasteiger partial charge in [-0.25, -0.2) is 0 Å². The summed E-state index contributed by atoms with van der Waals surface area (Å²) in [5.41, 5.74) is 2.27. The number of methoxy groups -OCH3 is 2. The molecule has 6 heteroatoms. The van der Waals surface area contributed by atoms with Gasteiger partial charge in [-0.15, -0.1) is 0 Å². The summed E-state index contributed by atoms with van der Waals surface area (Å²) in [5, 5.41) is 7.17. The first-order valence-electron chi connectivity index (χ1n) is 8.49. The van der Waals surface area contributed by atoms with Crippen LogP contribution in [0.25, 0.3) is 0 Å². The second-order valence-electron chi connectivity index (χ2n) is 6.13. The second kappa shape index (κ2) is 9.99. The molecule has 1 atom stereocenters. The predicted molar refractivity (Wildman–Crippen MR) is 110 cm³/mol. The number of thiocarbonyl (C=S) groups is 1. The van der Waals surface area contributed by atoms with Gasteiger partial charge in [0.05, 0.1) is 20.3 Å². The quantitative estimate of drug-likeness (QED) is 0.694.